The molecule has 0 radical (unpaired) electrons. The van der Waals surface area contributed by atoms with Crippen molar-refractivity contribution in [1.82, 2.24) is 19.3 Å². The van der Waals surface area contributed by atoms with Crippen LogP contribution in [0.2, 0.25) is 0 Å². The minimum Gasteiger partial charge on any atom is -0.324 e. The number of hydrogen-bond acceptors (Lipinski definition) is 5. The number of rotatable bonds is 5. The highest BCUT2D eigenvalue weighted by Crippen LogP contribution is 2.33. The highest BCUT2D eigenvalue weighted by molar-refractivity contribution is 7.16. The molecule has 1 amide bonds. The van der Waals surface area contributed by atoms with Gasteiger partial charge < -0.3 is 5.32 Å². The first-order chi connectivity index (χ1) is 14.3. The Hall–Kier alpha value is -3.47. The average molecular weight is 433 g/mol. The lowest BCUT2D eigenvalue weighted by atomic mass is 10.1. The highest BCUT2D eigenvalue weighted by atomic mass is 32.1. The molecule has 0 aliphatic rings. The molecule has 4 rings (SSSR count). The predicted molar refractivity (Wildman–Crippen MR) is 106 cm³/mol. The molecule has 1 N–H and O–H groups in total. The third-order valence-corrected chi connectivity index (χ3v) is 5.20. The maximum absolute atomic E-state index is 13.1. The normalized spacial score (nSPS) is 11.7. The fraction of sp³-hybridized carbons (Fsp3) is 0.158. The summed E-state index contributed by atoms with van der Waals surface area (Å²) in [5.41, 5.74) is -0.903. The van der Waals surface area contributed by atoms with Crippen LogP contribution in [0.1, 0.15) is 12.0 Å². The number of fused-ring (bicyclic) bond motifs is 1. The molecule has 7 nitrogen and oxygen atoms in total. The van der Waals surface area contributed by atoms with Gasteiger partial charge in [-0.15, -0.1) is 11.3 Å². The van der Waals surface area contributed by atoms with Gasteiger partial charge in [-0.05, 0) is 35.7 Å². The molecule has 0 spiro atoms. The van der Waals surface area contributed by atoms with Crippen LogP contribution in [0.25, 0.3) is 15.9 Å². The lowest BCUT2D eigenvalue weighted by molar-refractivity contribution is -0.137. The summed E-state index contributed by atoms with van der Waals surface area (Å²) < 4.78 is 42.0. The summed E-state index contributed by atoms with van der Waals surface area (Å²) in [6, 6.07) is 6.30. The van der Waals surface area contributed by atoms with Crippen molar-refractivity contribution in [2.24, 2.45) is 0 Å². The van der Waals surface area contributed by atoms with E-state index in [9.17, 15) is 22.8 Å². The van der Waals surface area contributed by atoms with E-state index in [4.69, 9.17) is 0 Å². The second kappa shape index (κ2) is 7.75. The minimum atomic E-state index is -4.56. The summed E-state index contributed by atoms with van der Waals surface area (Å²) in [6.07, 6.45) is -0.292. The number of thiophene rings is 1. The van der Waals surface area contributed by atoms with Crippen LogP contribution in [0.3, 0.4) is 0 Å². The Morgan fingerprint density at radius 3 is 2.80 bits per heavy atom. The van der Waals surface area contributed by atoms with E-state index in [1.165, 1.54) is 39.2 Å². The molecule has 0 aliphatic carbocycles. The van der Waals surface area contributed by atoms with Crippen molar-refractivity contribution >= 4 is 33.1 Å². The summed E-state index contributed by atoms with van der Waals surface area (Å²) in [5, 5.41) is 8.72. The Balaban J connectivity index is 1.55. The topological polar surface area (TPSA) is 81.8 Å². The molecular weight excluding hydrogens is 419 g/mol. The van der Waals surface area contributed by atoms with Crippen LogP contribution >= 0.6 is 11.3 Å². The average Bonchev–Trinajstić information content (AvgIpc) is 3.39. The number of nitrogens with zero attached hydrogens (tertiary/aromatic N) is 4. The first-order valence-electron chi connectivity index (χ1n) is 8.77. The van der Waals surface area contributed by atoms with Crippen molar-refractivity contribution in [2.45, 2.75) is 19.1 Å². The van der Waals surface area contributed by atoms with E-state index in [1.807, 2.05) is 0 Å². The van der Waals surface area contributed by atoms with Crippen LogP contribution < -0.4 is 10.9 Å². The number of halogens is 3. The molecule has 0 fully saturated rings. The van der Waals surface area contributed by atoms with Gasteiger partial charge in [-0.25, -0.2) is 9.67 Å². The molecular formula is C19H14F3N5O2S. The molecule has 30 heavy (non-hydrogen) atoms. The lowest BCUT2D eigenvalue weighted by Crippen LogP contribution is -2.23. The quantitative estimate of drug-likeness (QED) is 0.521. The van der Waals surface area contributed by atoms with Crippen molar-refractivity contribution in [3.63, 3.8) is 0 Å². The number of benzene rings is 1. The highest BCUT2D eigenvalue weighted by Gasteiger charge is 2.31. The first-order valence-corrected chi connectivity index (χ1v) is 9.64. The molecule has 0 unspecified atom stereocenters. The third kappa shape index (κ3) is 3.96. The van der Waals surface area contributed by atoms with Crippen molar-refractivity contribution in [3.05, 3.63) is 70.4 Å². The molecule has 0 aliphatic heterocycles. The second-order valence-electron chi connectivity index (χ2n) is 6.36. The van der Waals surface area contributed by atoms with E-state index in [0.29, 0.717) is 15.9 Å². The Labute approximate surface area is 171 Å². The van der Waals surface area contributed by atoms with Gasteiger partial charge in [0.05, 0.1) is 28.7 Å². The SMILES string of the molecule is O=C(CCn1cnc2sccc2c1=O)Nc1cc(C(F)(F)F)ccc1-n1cccn1. The molecule has 1 aromatic carbocycles. The van der Waals surface area contributed by atoms with E-state index in [1.54, 1.807) is 23.7 Å². The Kier molecular flexibility index (Phi) is 5.12. The lowest BCUT2D eigenvalue weighted by Gasteiger charge is -2.15. The fourth-order valence-corrected chi connectivity index (χ4v) is 3.63. The first kappa shape index (κ1) is 19.8. The smallest absolute Gasteiger partial charge is 0.324 e. The van der Waals surface area contributed by atoms with Crippen LogP contribution in [0.15, 0.2) is 59.2 Å². The van der Waals surface area contributed by atoms with E-state index in [2.05, 4.69) is 15.4 Å². The molecule has 11 heteroatoms. The maximum atomic E-state index is 13.1. The zero-order valence-corrected chi connectivity index (χ0v) is 16.1. The molecule has 3 heterocycles. The van der Waals surface area contributed by atoms with Crippen LogP contribution in [-0.2, 0) is 17.5 Å². The van der Waals surface area contributed by atoms with Crippen molar-refractivity contribution in [3.8, 4) is 5.69 Å². The molecule has 0 atom stereocenters. The Morgan fingerprint density at radius 1 is 1.23 bits per heavy atom. The number of aromatic nitrogens is 4. The molecule has 0 saturated heterocycles. The zero-order valence-electron chi connectivity index (χ0n) is 15.3. The number of hydrogen-bond donors (Lipinski definition) is 1. The number of nitrogens with one attached hydrogen (secondary N) is 1. The van der Waals surface area contributed by atoms with Crippen LogP contribution in [0.5, 0.6) is 0 Å². The number of anilines is 1. The van der Waals surface area contributed by atoms with E-state index in [-0.39, 0.29) is 24.2 Å². The summed E-state index contributed by atoms with van der Waals surface area (Å²) >= 11 is 1.34. The second-order valence-corrected chi connectivity index (χ2v) is 7.26. The molecule has 0 bridgehead atoms. The number of amides is 1. The van der Waals surface area contributed by atoms with Gasteiger partial charge in [0.2, 0.25) is 5.91 Å². The Morgan fingerprint density at radius 2 is 2.07 bits per heavy atom. The minimum absolute atomic E-state index is 0.0303. The van der Waals surface area contributed by atoms with E-state index >= 15 is 0 Å². The van der Waals surface area contributed by atoms with Crippen LogP contribution in [-0.4, -0.2) is 25.2 Å². The number of carbonyl (C=O) groups is 1. The summed E-state index contributed by atoms with van der Waals surface area (Å²) in [4.78, 5) is 29.6. The monoisotopic (exact) mass is 433 g/mol. The van der Waals surface area contributed by atoms with Crippen molar-refractivity contribution < 1.29 is 18.0 Å². The summed E-state index contributed by atoms with van der Waals surface area (Å²) in [5.74, 6) is -0.542. The third-order valence-electron chi connectivity index (χ3n) is 4.38. The maximum Gasteiger partial charge on any atom is 0.416 e. The molecule has 154 valence electrons. The standard InChI is InChI=1S/C19H14F3N5O2S/c20-19(21,22)12-2-3-15(27-7-1-6-24-27)14(10-12)25-16(28)4-8-26-11-23-17-13(18(26)29)5-9-30-17/h1-3,5-7,9-11H,4,8H2,(H,25,28). The van der Waals surface area contributed by atoms with Gasteiger partial charge >= 0.3 is 6.18 Å². The van der Waals surface area contributed by atoms with Crippen molar-refractivity contribution in [1.29, 1.82) is 0 Å². The molecule has 3 aromatic heterocycles. The van der Waals surface area contributed by atoms with E-state index in [0.717, 1.165) is 12.1 Å². The predicted octanol–water partition coefficient (Wildman–Crippen LogP) is 3.69. The molecule has 0 saturated carbocycles. The van der Waals surface area contributed by atoms with Gasteiger partial charge in [0.1, 0.15) is 4.83 Å². The van der Waals surface area contributed by atoms with Gasteiger partial charge in [0.25, 0.3) is 5.56 Å². The van der Waals surface area contributed by atoms with Crippen molar-refractivity contribution in [2.75, 3.05) is 5.32 Å². The molecule has 4 aromatic rings. The number of carbonyl (C=O) groups excluding carboxylic acids is 1. The largest absolute Gasteiger partial charge is 0.416 e. The van der Waals surface area contributed by atoms with Crippen LogP contribution in [0, 0.1) is 0 Å². The van der Waals surface area contributed by atoms with E-state index < -0.39 is 17.6 Å². The number of alkyl halides is 3. The van der Waals surface area contributed by atoms with Gasteiger partial charge in [0.15, 0.2) is 0 Å². The van der Waals surface area contributed by atoms with Gasteiger partial charge in [0, 0.05) is 25.4 Å². The summed E-state index contributed by atoms with van der Waals surface area (Å²) in [7, 11) is 0. The van der Waals surface area contributed by atoms with Gasteiger partial charge in [-0.2, -0.15) is 18.3 Å². The Bertz CT molecular complexity index is 1260. The summed E-state index contributed by atoms with van der Waals surface area (Å²) in [6.45, 7) is 0.0412. The van der Waals surface area contributed by atoms with Crippen LogP contribution in [0.4, 0.5) is 18.9 Å². The van der Waals surface area contributed by atoms with Gasteiger partial charge in [-0.3, -0.25) is 14.2 Å². The zero-order chi connectivity index (χ0) is 21.3. The van der Waals surface area contributed by atoms with Gasteiger partial charge in [-0.1, -0.05) is 0 Å². The fourth-order valence-electron chi connectivity index (χ4n) is 2.91. The number of aryl methyl sites for hydroxylation is 1.